The van der Waals surface area contributed by atoms with Crippen molar-refractivity contribution >= 4 is 24.0 Å². The molecule has 10 heteroatoms. The third kappa shape index (κ3) is 4.12. The molecule has 2 atom stereocenters. The van der Waals surface area contributed by atoms with E-state index in [0.29, 0.717) is 18.2 Å². The van der Waals surface area contributed by atoms with E-state index in [1.807, 2.05) is 0 Å². The molecule has 1 aliphatic rings. The molecule has 1 heterocycles. The summed E-state index contributed by atoms with van der Waals surface area (Å²) in [7, 11) is 0. The molecule has 1 saturated carbocycles. The first-order valence-electron chi connectivity index (χ1n) is 7.76. The average Bonchev–Trinajstić information content (AvgIpc) is 3.24. The number of carbonyl (C=O) groups excluding carboxylic acids is 1. The van der Waals surface area contributed by atoms with E-state index in [-0.39, 0.29) is 35.7 Å². The molecule has 0 bridgehead atoms. The van der Waals surface area contributed by atoms with Crippen LogP contribution in [-0.4, -0.2) is 38.4 Å². The van der Waals surface area contributed by atoms with Gasteiger partial charge in [0.05, 0.1) is 16.8 Å². The Kier molecular flexibility index (Phi) is 6.05. The van der Waals surface area contributed by atoms with E-state index in [9.17, 15) is 14.9 Å². The molecule has 0 spiro atoms. The fraction of sp³-hybridized carbons (Fsp3) is 0.400. The van der Waals surface area contributed by atoms with Crippen LogP contribution in [0, 0.1) is 16.0 Å². The Morgan fingerprint density at radius 3 is 2.96 bits per heavy atom. The summed E-state index contributed by atoms with van der Waals surface area (Å²) >= 11 is 0. The minimum Gasteiger partial charge on any atom is -0.348 e. The molecule has 1 aliphatic carbocycles. The molecule has 1 aromatic carbocycles. The van der Waals surface area contributed by atoms with Gasteiger partial charge in [0.2, 0.25) is 0 Å². The van der Waals surface area contributed by atoms with Crippen LogP contribution in [0.25, 0.3) is 5.69 Å². The van der Waals surface area contributed by atoms with Crippen LogP contribution in [0.4, 0.5) is 5.69 Å². The van der Waals surface area contributed by atoms with E-state index in [1.54, 1.807) is 12.1 Å². The molecule has 9 nitrogen and oxygen atoms in total. The molecule has 0 saturated heterocycles. The van der Waals surface area contributed by atoms with Crippen LogP contribution in [-0.2, 0) is 0 Å². The van der Waals surface area contributed by atoms with Gasteiger partial charge in [-0.1, -0.05) is 17.7 Å². The number of nitrogens with zero attached hydrogens (tertiary/aromatic N) is 4. The van der Waals surface area contributed by atoms with Crippen LogP contribution in [0.3, 0.4) is 0 Å². The van der Waals surface area contributed by atoms with Crippen LogP contribution < -0.4 is 11.1 Å². The molecular weight excluding hydrogens is 348 g/mol. The van der Waals surface area contributed by atoms with Crippen molar-refractivity contribution in [2.45, 2.75) is 25.3 Å². The number of aromatic nitrogens is 3. The summed E-state index contributed by atoms with van der Waals surface area (Å²) in [5.41, 5.74) is 6.31. The van der Waals surface area contributed by atoms with Gasteiger partial charge in [0, 0.05) is 18.2 Å². The lowest BCUT2D eigenvalue weighted by molar-refractivity contribution is -0.384. The number of nitro groups is 1. The Bertz CT molecular complexity index is 765. The van der Waals surface area contributed by atoms with E-state index in [0.717, 1.165) is 19.3 Å². The van der Waals surface area contributed by atoms with E-state index in [1.165, 1.54) is 23.0 Å². The van der Waals surface area contributed by atoms with E-state index in [4.69, 9.17) is 5.73 Å². The first-order valence-corrected chi connectivity index (χ1v) is 7.76. The number of rotatable bonds is 5. The smallest absolute Gasteiger partial charge is 0.273 e. The van der Waals surface area contributed by atoms with Crippen LogP contribution in [0.15, 0.2) is 30.5 Å². The van der Waals surface area contributed by atoms with Crippen LogP contribution in [0.2, 0.25) is 0 Å². The molecule has 1 aromatic heterocycles. The number of hydrogen-bond acceptors (Lipinski definition) is 6. The number of amides is 1. The third-order valence-electron chi connectivity index (χ3n) is 4.31. The number of carbonyl (C=O) groups is 1. The van der Waals surface area contributed by atoms with Crippen molar-refractivity contribution in [3.05, 3.63) is 46.3 Å². The van der Waals surface area contributed by atoms with Gasteiger partial charge in [-0.2, -0.15) is 0 Å². The number of hydrogen-bond donors (Lipinski definition) is 2. The number of nitrogens with one attached hydrogen (secondary N) is 1. The Morgan fingerprint density at radius 1 is 1.44 bits per heavy atom. The fourth-order valence-corrected chi connectivity index (χ4v) is 2.99. The Balaban J connectivity index is 0.00000225. The van der Waals surface area contributed by atoms with Gasteiger partial charge in [-0.05, 0) is 31.4 Å². The van der Waals surface area contributed by atoms with Crippen molar-refractivity contribution < 1.29 is 9.72 Å². The standard InChI is InChI=1S/C15H18N6O3.ClH/c16-8-10-3-1-6-13(10)17-15(22)14-9-20(19-18-14)11-4-2-5-12(7-11)21(23)24;/h2,4-5,7,9-10,13H,1,3,6,8,16H2,(H,17,22);1H. The minimum atomic E-state index is -0.485. The van der Waals surface area contributed by atoms with Gasteiger partial charge in [0.25, 0.3) is 11.6 Å². The SMILES string of the molecule is Cl.NCC1CCCC1NC(=O)c1cn(-c2cccc([N+](=O)[O-])c2)nn1. The quantitative estimate of drug-likeness (QED) is 0.608. The molecule has 2 unspecified atom stereocenters. The van der Waals surface area contributed by atoms with Gasteiger partial charge >= 0.3 is 0 Å². The summed E-state index contributed by atoms with van der Waals surface area (Å²) in [5, 5.41) is 21.5. The summed E-state index contributed by atoms with van der Waals surface area (Å²) in [4.78, 5) is 22.7. The molecular formula is C15H19ClN6O3. The van der Waals surface area contributed by atoms with Crippen molar-refractivity contribution in [1.29, 1.82) is 0 Å². The Hall–Kier alpha value is -2.52. The zero-order valence-electron chi connectivity index (χ0n) is 13.4. The number of non-ortho nitro benzene ring substituents is 1. The van der Waals surface area contributed by atoms with Crippen molar-refractivity contribution in [1.82, 2.24) is 20.3 Å². The zero-order valence-corrected chi connectivity index (χ0v) is 14.2. The number of nitrogens with two attached hydrogens (primary N) is 1. The normalized spacial score (nSPS) is 19.2. The second-order valence-corrected chi connectivity index (χ2v) is 5.83. The first kappa shape index (κ1) is 18.8. The lowest BCUT2D eigenvalue weighted by Gasteiger charge is -2.18. The van der Waals surface area contributed by atoms with Gasteiger partial charge in [-0.3, -0.25) is 14.9 Å². The van der Waals surface area contributed by atoms with Crippen LogP contribution in [0.1, 0.15) is 29.8 Å². The van der Waals surface area contributed by atoms with E-state index >= 15 is 0 Å². The highest BCUT2D eigenvalue weighted by Gasteiger charge is 2.28. The fourth-order valence-electron chi connectivity index (χ4n) is 2.99. The Labute approximate surface area is 150 Å². The van der Waals surface area contributed by atoms with Crippen molar-refractivity contribution in [2.24, 2.45) is 11.7 Å². The molecule has 1 amide bonds. The molecule has 134 valence electrons. The lowest BCUT2D eigenvalue weighted by atomic mass is 10.0. The molecule has 0 aliphatic heterocycles. The maximum absolute atomic E-state index is 12.3. The highest BCUT2D eigenvalue weighted by atomic mass is 35.5. The van der Waals surface area contributed by atoms with Crippen molar-refractivity contribution in [2.75, 3.05) is 6.54 Å². The molecule has 0 radical (unpaired) electrons. The van der Waals surface area contributed by atoms with E-state index < -0.39 is 4.92 Å². The predicted octanol–water partition coefficient (Wildman–Crippen LogP) is 1.45. The predicted molar refractivity (Wildman–Crippen MR) is 92.9 cm³/mol. The minimum absolute atomic E-state index is 0. The molecule has 3 rings (SSSR count). The number of benzene rings is 1. The average molecular weight is 367 g/mol. The van der Waals surface area contributed by atoms with E-state index in [2.05, 4.69) is 15.6 Å². The van der Waals surface area contributed by atoms with Gasteiger partial charge < -0.3 is 11.1 Å². The maximum atomic E-state index is 12.3. The summed E-state index contributed by atoms with van der Waals surface area (Å²) in [6, 6.07) is 6.04. The highest BCUT2D eigenvalue weighted by molar-refractivity contribution is 5.92. The largest absolute Gasteiger partial charge is 0.348 e. The summed E-state index contributed by atoms with van der Waals surface area (Å²) in [5.74, 6) is -0.0159. The Morgan fingerprint density at radius 2 is 2.24 bits per heavy atom. The van der Waals surface area contributed by atoms with Gasteiger partial charge in [-0.25, -0.2) is 4.68 Å². The second-order valence-electron chi connectivity index (χ2n) is 5.83. The van der Waals surface area contributed by atoms with Gasteiger partial charge in [0.15, 0.2) is 5.69 Å². The third-order valence-corrected chi connectivity index (χ3v) is 4.31. The topological polar surface area (TPSA) is 129 Å². The highest BCUT2D eigenvalue weighted by Crippen LogP contribution is 2.24. The molecule has 3 N–H and O–H groups in total. The van der Waals surface area contributed by atoms with Crippen LogP contribution >= 0.6 is 12.4 Å². The number of nitro benzene ring substituents is 1. The maximum Gasteiger partial charge on any atom is 0.273 e. The van der Waals surface area contributed by atoms with Crippen molar-refractivity contribution in [3.8, 4) is 5.69 Å². The second kappa shape index (κ2) is 8.04. The monoisotopic (exact) mass is 366 g/mol. The molecule has 2 aromatic rings. The van der Waals surface area contributed by atoms with Crippen molar-refractivity contribution in [3.63, 3.8) is 0 Å². The summed E-state index contributed by atoms with van der Waals surface area (Å²) in [6.45, 7) is 0.547. The zero-order chi connectivity index (χ0) is 17.1. The van der Waals surface area contributed by atoms with Gasteiger partial charge in [0.1, 0.15) is 0 Å². The van der Waals surface area contributed by atoms with Crippen LogP contribution in [0.5, 0.6) is 0 Å². The lowest BCUT2D eigenvalue weighted by Crippen LogP contribution is -2.40. The molecule has 1 fully saturated rings. The first-order chi connectivity index (χ1) is 11.6. The molecule has 25 heavy (non-hydrogen) atoms. The summed E-state index contributed by atoms with van der Waals surface area (Å²) < 4.78 is 1.34. The summed E-state index contributed by atoms with van der Waals surface area (Å²) in [6.07, 6.45) is 4.43. The van der Waals surface area contributed by atoms with Gasteiger partial charge in [-0.15, -0.1) is 17.5 Å². The number of halogens is 1.